The van der Waals surface area contributed by atoms with Gasteiger partial charge in [0.05, 0.1) is 0 Å². The van der Waals surface area contributed by atoms with Crippen molar-refractivity contribution in [3.05, 3.63) is 35.4 Å². The lowest BCUT2D eigenvalue weighted by molar-refractivity contribution is 0.0133. The fourth-order valence-corrected chi connectivity index (χ4v) is 1.12. The molecule has 0 aromatic heterocycles. The molecule has 0 radical (unpaired) electrons. The lowest BCUT2D eigenvalue weighted by Crippen LogP contribution is -2.10. The van der Waals surface area contributed by atoms with Crippen molar-refractivity contribution in [3.63, 3.8) is 0 Å². The molecule has 0 unspecified atom stereocenters. The molecule has 1 aromatic rings. The maximum atomic E-state index is 12.5. The third-order valence-corrected chi connectivity index (χ3v) is 1.97. The maximum absolute atomic E-state index is 12.5. The van der Waals surface area contributed by atoms with Crippen LogP contribution in [0.2, 0.25) is 0 Å². The predicted molar refractivity (Wildman–Crippen MR) is 50.1 cm³/mol. The number of hydrogen-bond acceptors (Lipinski definition) is 0. The van der Waals surface area contributed by atoms with Crippen LogP contribution < -0.4 is 0 Å². The van der Waals surface area contributed by atoms with Crippen molar-refractivity contribution < 1.29 is 8.78 Å². The Hall–Kier alpha value is -0.920. The van der Waals surface area contributed by atoms with Crippen LogP contribution in [0.4, 0.5) is 8.78 Å². The smallest absolute Gasteiger partial charge is 0.207 e. The molecule has 0 heterocycles. The van der Waals surface area contributed by atoms with Crippen LogP contribution in [0.3, 0.4) is 0 Å². The van der Waals surface area contributed by atoms with Crippen molar-refractivity contribution in [1.29, 1.82) is 0 Å². The zero-order valence-corrected chi connectivity index (χ0v) is 7.98. The van der Waals surface area contributed by atoms with E-state index in [9.17, 15) is 8.78 Å². The Labute approximate surface area is 77.6 Å². The Morgan fingerprint density at radius 2 is 1.69 bits per heavy atom. The van der Waals surface area contributed by atoms with E-state index in [0.29, 0.717) is 6.42 Å². The first kappa shape index (κ1) is 10.2. The molecule has 1 aromatic carbocycles. The summed E-state index contributed by atoms with van der Waals surface area (Å²) in [6.07, 6.45) is 0.375. The van der Waals surface area contributed by atoms with Crippen molar-refractivity contribution in [2.24, 2.45) is 0 Å². The van der Waals surface area contributed by atoms with Gasteiger partial charge in [0.2, 0.25) is 5.92 Å². The minimum atomic E-state index is -2.55. The fraction of sp³-hybridized carbons (Fsp3) is 0.455. The second-order valence-electron chi connectivity index (χ2n) is 3.56. The predicted octanol–water partition coefficient (Wildman–Crippen LogP) is 3.58. The molecule has 0 nitrogen and oxygen atoms in total. The van der Waals surface area contributed by atoms with Crippen LogP contribution in [0.5, 0.6) is 0 Å². The normalized spacial score (nSPS) is 11.7. The molecule has 1 rings (SSSR count). The zero-order chi connectivity index (χ0) is 9.90. The summed E-state index contributed by atoms with van der Waals surface area (Å²) in [6, 6.07) is 7.70. The molecule has 0 saturated carbocycles. The van der Waals surface area contributed by atoms with E-state index in [1.54, 1.807) is 0 Å². The Morgan fingerprint density at radius 3 is 2.15 bits per heavy atom. The molecule has 0 aliphatic heterocycles. The summed E-state index contributed by atoms with van der Waals surface area (Å²) < 4.78 is 25.0. The number of alkyl halides is 2. The van der Waals surface area contributed by atoms with Gasteiger partial charge in [0.25, 0.3) is 0 Å². The van der Waals surface area contributed by atoms with E-state index in [-0.39, 0.29) is 6.42 Å². The first-order chi connectivity index (χ1) is 5.97. The second-order valence-corrected chi connectivity index (χ2v) is 3.56. The van der Waals surface area contributed by atoms with Gasteiger partial charge < -0.3 is 0 Å². The van der Waals surface area contributed by atoms with Crippen LogP contribution in [0, 0.1) is 6.92 Å². The SMILES string of the molecule is Cc1ccc(CCC(C)(F)F)cc1. The second kappa shape index (κ2) is 3.86. The molecule has 0 aliphatic rings. The average Bonchev–Trinajstić information content (AvgIpc) is 2.02. The van der Waals surface area contributed by atoms with Gasteiger partial charge in [0.15, 0.2) is 0 Å². The third kappa shape index (κ3) is 4.02. The van der Waals surface area contributed by atoms with Gasteiger partial charge in [0, 0.05) is 6.42 Å². The number of hydrogen-bond donors (Lipinski definition) is 0. The highest BCUT2D eigenvalue weighted by molar-refractivity contribution is 5.21. The summed E-state index contributed by atoms with van der Waals surface area (Å²) in [5.74, 6) is -2.55. The molecular formula is C11H14F2. The Bertz CT molecular complexity index is 256. The lowest BCUT2D eigenvalue weighted by Gasteiger charge is -2.09. The highest BCUT2D eigenvalue weighted by Crippen LogP contribution is 2.19. The van der Waals surface area contributed by atoms with Gasteiger partial charge in [-0.25, -0.2) is 8.78 Å². The van der Waals surface area contributed by atoms with Crippen LogP contribution in [-0.4, -0.2) is 5.92 Å². The third-order valence-electron chi connectivity index (χ3n) is 1.97. The van der Waals surface area contributed by atoms with Crippen LogP contribution in [0.25, 0.3) is 0 Å². The molecule has 13 heavy (non-hydrogen) atoms. The summed E-state index contributed by atoms with van der Waals surface area (Å²) in [4.78, 5) is 0. The van der Waals surface area contributed by atoms with Crippen molar-refractivity contribution in [2.75, 3.05) is 0 Å². The van der Waals surface area contributed by atoms with Gasteiger partial charge >= 0.3 is 0 Å². The molecule has 0 spiro atoms. The van der Waals surface area contributed by atoms with Crippen LogP contribution in [0.15, 0.2) is 24.3 Å². The highest BCUT2D eigenvalue weighted by Gasteiger charge is 2.19. The first-order valence-electron chi connectivity index (χ1n) is 4.41. The van der Waals surface area contributed by atoms with E-state index in [1.807, 2.05) is 31.2 Å². The molecule has 0 aliphatic carbocycles. The largest absolute Gasteiger partial charge is 0.245 e. The molecule has 0 bridgehead atoms. The van der Waals surface area contributed by atoms with E-state index < -0.39 is 5.92 Å². The molecule has 0 saturated heterocycles. The summed E-state index contributed by atoms with van der Waals surface area (Å²) in [7, 11) is 0. The fourth-order valence-electron chi connectivity index (χ4n) is 1.12. The molecule has 0 N–H and O–H groups in total. The van der Waals surface area contributed by atoms with Gasteiger partial charge in [0.1, 0.15) is 0 Å². The van der Waals surface area contributed by atoms with E-state index in [1.165, 1.54) is 0 Å². The van der Waals surface area contributed by atoms with E-state index in [0.717, 1.165) is 18.1 Å². The minimum Gasteiger partial charge on any atom is -0.207 e. The Morgan fingerprint density at radius 1 is 1.15 bits per heavy atom. The van der Waals surface area contributed by atoms with Gasteiger partial charge in [-0.1, -0.05) is 29.8 Å². The van der Waals surface area contributed by atoms with Gasteiger partial charge in [-0.15, -0.1) is 0 Å². The topological polar surface area (TPSA) is 0 Å². The van der Waals surface area contributed by atoms with E-state index in [4.69, 9.17) is 0 Å². The average molecular weight is 184 g/mol. The quantitative estimate of drug-likeness (QED) is 0.673. The summed E-state index contributed by atoms with van der Waals surface area (Å²) in [5, 5.41) is 0. The maximum Gasteiger partial charge on any atom is 0.245 e. The number of benzene rings is 1. The monoisotopic (exact) mass is 184 g/mol. The molecule has 2 heteroatoms. The molecule has 0 amide bonds. The Kier molecular flexibility index (Phi) is 3.02. The summed E-state index contributed by atoms with van der Waals surface area (Å²) in [6.45, 7) is 2.94. The number of aryl methyl sites for hydroxylation is 2. The molecular weight excluding hydrogens is 170 g/mol. The number of rotatable bonds is 3. The minimum absolute atomic E-state index is 0.0734. The van der Waals surface area contributed by atoms with Crippen molar-refractivity contribution >= 4 is 0 Å². The first-order valence-corrected chi connectivity index (χ1v) is 4.41. The summed E-state index contributed by atoms with van der Waals surface area (Å²) >= 11 is 0. The van der Waals surface area contributed by atoms with Gasteiger partial charge in [-0.2, -0.15) is 0 Å². The van der Waals surface area contributed by atoms with Crippen LogP contribution >= 0.6 is 0 Å². The van der Waals surface area contributed by atoms with E-state index in [2.05, 4.69) is 0 Å². The molecule has 72 valence electrons. The standard InChI is InChI=1S/C11H14F2/c1-9-3-5-10(6-4-9)7-8-11(2,12)13/h3-6H,7-8H2,1-2H3. The number of halogens is 2. The summed E-state index contributed by atoms with van der Waals surface area (Å²) in [5.41, 5.74) is 2.14. The molecule has 0 atom stereocenters. The van der Waals surface area contributed by atoms with Crippen molar-refractivity contribution in [3.8, 4) is 0 Å². The van der Waals surface area contributed by atoms with Crippen LogP contribution in [-0.2, 0) is 6.42 Å². The molecule has 0 fully saturated rings. The Balaban J connectivity index is 2.51. The zero-order valence-electron chi connectivity index (χ0n) is 7.98. The highest BCUT2D eigenvalue weighted by atomic mass is 19.3. The van der Waals surface area contributed by atoms with Gasteiger partial charge in [-0.3, -0.25) is 0 Å². The van der Waals surface area contributed by atoms with E-state index >= 15 is 0 Å². The van der Waals surface area contributed by atoms with Crippen molar-refractivity contribution in [1.82, 2.24) is 0 Å². The van der Waals surface area contributed by atoms with Gasteiger partial charge in [-0.05, 0) is 25.8 Å². The van der Waals surface area contributed by atoms with Crippen LogP contribution in [0.1, 0.15) is 24.5 Å². The van der Waals surface area contributed by atoms with Crippen molar-refractivity contribution in [2.45, 2.75) is 32.6 Å². The lowest BCUT2D eigenvalue weighted by atomic mass is 10.1.